The lowest BCUT2D eigenvalue weighted by Gasteiger charge is -2.24. The largest absolute Gasteiger partial charge is 0.480 e. The van der Waals surface area contributed by atoms with Crippen LogP contribution in [0.25, 0.3) is 0 Å². The van der Waals surface area contributed by atoms with Crippen LogP contribution < -0.4 is 33.6 Å². The maximum absolute atomic E-state index is 12.5. The summed E-state index contributed by atoms with van der Waals surface area (Å²) in [5.41, 5.74) is 21.7. The van der Waals surface area contributed by atoms with E-state index in [1.165, 1.54) is 6.92 Å². The smallest absolute Gasteiger partial charge is 0.328 e. The molecule has 0 aliphatic carbocycles. The first kappa shape index (κ1) is 25.6. The summed E-state index contributed by atoms with van der Waals surface area (Å²) in [6.07, 6.45) is 0.962. The normalized spacial score (nSPS) is 15.0. The lowest BCUT2D eigenvalue weighted by Crippen LogP contribution is -2.56. The monoisotopic (exact) mass is 403 g/mol. The van der Waals surface area contributed by atoms with Crippen molar-refractivity contribution in [3.05, 3.63) is 0 Å². The number of unbranched alkanes of at least 4 members (excludes halogenated alkanes) is 1. The van der Waals surface area contributed by atoms with Crippen molar-refractivity contribution in [3.8, 4) is 0 Å². The second kappa shape index (κ2) is 13.7. The molecular formula is C16H33N7O5. The van der Waals surface area contributed by atoms with Crippen molar-refractivity contribution in [2.24, 2.45) is 27.9 Å². The molecule has 12 nitrogen and oxygen atoms in total. The molecule has 0 saturated carbocycles. The Bertz CT molecular complexity index is 537. The van der Waals surface area contributed by atoms with E-state index in [-0.39, 0.29) is 18.9 Å². The molecule has 162 valence electrons. The van der Waals surface area contributed by atoms with Crippen LogP contribution in [0.4, 0.5) is 0 Å². The molecule has 0 saturated heterocycles. The van der Waals surface area contributed by atoms with Gasteiger partial charge in [-0.15, -0.1) is 0 Å². The van der Waals surface area contributed by atoms with Gasteiger partial charge in [0.25, 0.3) is 0 Å². The van der Waals surface area contributed by atoms with Crippen LogP contribution in [0.3, 0.4) is 0 Å². The van der Waals surface area contributed by atoms with Gasteiger partial charge >= 0.3 is 5.97 Å². The molecule has 4 unspecified atom stereocenters. The van der Waals surface area contributed by atoms with Crippen molar-refractivity contribution in [2.45, 2.75) is 63.3 Å². The Morgan fingerprint density at radius 2 is 1.68 bits per heavy atom. The Balaban J connectivity index is 5.01. The highest BCUT2D eigenvalue weighted by Gasteiger charge is 2.30. The van der Waals surface area contributed by atoms with Crippen molar-refractivity contribution in [3.63, 3.8) is 0 Å². The molecule has 2 amide bonds. The van der Waals surface area contributed by atoms with Crippen LogP contribution >= 0.6 is 0 Å². The number of rotatable bonds is 14. The van der Waals surface area contributed by atoms with Gasteiger partial charge in [0.05, 0.1) is 12.1 Å². The van der Waals surface area contributed by atoms with Crippen LogP contribution in [-0.4, -0.2) is 71.3 Å². The number of aliphatic hydroxyl groups excluding tert-OH is 1. The molecule has 0 fully saturated rings. The van der Waals surface area contributed by atoms with Crippen LogP contribution in [0.5, 0.6) is 0 Å². The molecule has 0 radical (unpaired) electrons. The number of carboxylic acid groups (broad SMARTS) is 1. The third kappa shape index (κ3) is 10.6. The summed E-state index contributed by atoms with van der Waals surface area (Å²) in [6, 6.07) is -3.39. The number of amides is 2. The number of carbonyl (C=O) groups excluding carboxylic acids is 2. The quantitative estimate of drug-likeness (QED) is 0.0833. The predicted molar refractivity (Wildman–Crippen MR) is 104 cm³/mol. The first-order valence-corrected chi connectivity index (χ1v) is 9.12. The average molecular weight is 403 g/mol. The molecule has 28 heavy (non-hydrogen) atoms. The third-order valence-corrected chi connectivity index (χ3v) is 3.93. The highest BCUT2D eigenvalue weighted by molar-refractivity contribution is 5.91. The minimum absolute atomic E-state index is 0.105. The number of hydrogen-bond acceptors (Lipinski definition) is 7. The topological polar surface area (TPSA) is 232 Å². The molecule has 0 spiro atoms. The summed E-state index contributed by atoms with van der Waals surface area (Å²) in [5, 5.41) is 23.4. The Hall–Kier alpha value is -2.44. The second-order valence-electron chi connectivity index (χ2n) is 6.47. The van der Waals surface area contributed by atoms with E-state index >= 15 is 0 Å². The molecule has 0 aromatic carbocycles. The number of nitrogens with two attached hydrogens (primary N) is 4. The minimum atomic E-state index is -1.51. The van der Waals surface area contributed by atoms with E-state index in [0.717, 1.165) is 6.42 Å². The standard InChI is InChI=1S/C16H33N7O5/c1-9(24)12(15(27)28)23-14(26)11(6-4-8-21-16(19)20)22-13(25)10(18)5-2-3-7-17/h9-12,24H,2-8,17-18H2,1H3,(H,22,25)(H,23,26)(H,27,28)(H4,19,20,21). The average Bonchev–Trinajstić information content (AvgIpc) is 2.60. The van der Waals surface area contributed by atoms with Gasteiger partial charge in [-0.1, -0.05) is 6.42 Å². The number of carboxylic acids is 1. The maximum atomic E-state index is 12.5. The van der Waals surface area contributed by atoms with E-state index in [1.54, 1.807) is 0 Å². The lowest BCUT2D eigenvalue weighted by molar-refractivity contribution is -0.145. The highest BCUT2D eigenvalue weighted by atomic mass is 16.4. The van der Waals surface area contributed by atoms with Crippen LogP contribution in [0.1, 0.15) is 39.0 Å². The number of nitrogens with zero attached hydrogens (tertiary/aromatic N) is 1. The number of aliphatic hydroxyl groups is 1. The van der Waals surface area contributed by atoms with Crippen LogP contribution in [0, 0.1) is 0 Å². The minimum Gasteiger partial charge on any atom is -0.480 e. The van der Waals surface area contributed by atoms with Crippen LogP contribution in [-0.2, 0) is 14.4 Å². The fourth-order valence-electron chi connectivity index (χ4n) is 2.33. The summed E-state index contributed by atoms with van der Waals surface area (Å²) in [6.45, 7) is 1.95. The Morgan fingerprint density at radius 3 is 2.18 bits per heavy atom. The summed E-state index contributed by atoms with van der Waals surface area (Å²) in [4.78, 5) is 39.7. The van der Waals surface area contributed by atoms with Gasteiger partial charge in [-0.05, 0) is 39.2 Å². The predicted octanol–water partition coefficient (Wildman–Crippen LogP) is -3.07. The van der Waals surface area contributed by atoms with Crippen LogP contribution in [0.15, 0.2) is 4.99 Å². The molecule has 0 bridgehead atoms. The van der Waals surface area contributed by atoms with Gasteiger partial charge in [0.15, 0.2) is 12.0 Å². The van der Waals surface area contributed by atoms with E-state index in [1.807, 2.05) is 0 Å². The fraction of sp³-hybridized carbons (Fsp3) is 0.750. The highest BCUT2D eigenvalue weighted by Crippen LogP contribution is 2.04. The van der Waals surface area contributed by atoms with Gasteiger partial charge in [-0.3, -0.25) is 14.6 Å². The molecule has 12 N–H and O–H groups in total. The van der Waals surface area contributed by atoms with Gasteiger partial charge in [0.1, 0.15) is 6.04 Å². The zero-order chi connectivity index (χ0) is 21.7. The van der Waals surface area contributed by atoms with Gasteiger partial charge in [0, 0.05) is 6.54 Å². The maximum Gasteiger partial charge on any atom is 0.328 e. The van der Waals surface area contributed by atoms with E-state index in [9.17, 15) is 19.5 Å². The van der Waals surface area contributed by atoms with E-state index in [0.29, 0.717) is 25.8 Å². The Kier molecular flexibility index (Phi) is 12.5. The number of aliphatic carboxylic acids is 1. The molecule has 4 atom stereocenters. The Morgan fingerprint density at radius 1 is 1.04 bits per heavy atom. The summed E-state index contributed by atoms with van der Waals surface area (Å²) in [5.74, 6) is -2.79. The zero-order valence-electron chi connectivity index (χ0n) is 16.1. The molecule has 0 aromatic heterocycles. The summed E-state index contributed by atoms with van der Waals surface area (Å²) in [7, 11) is 0. The number of guanidine groups is 1. The van der Waals surface area contributed by atoms with Gasteiger partial charge in [0.2, 0.25) is 11.8 Å². The van der Waals surface area contributed by atoms with Crippen molar-refractivity contribution in [1.82, 2.24) is 10.6 Å². The molecule has 0 heterocycles. The van der Waals surface area contributed by atoms with E-state index in [4.69, 9.17) is 28.0 Å². The molecule has 0 aliphatic heterocycles. The third-order valence-electron chi connectivity index (χ3n) is 3.93. The Labute approximate surface area is 164 Å². The first-order chi connectivity index (χ1) is 13.1. The van der Waals surface area contributed by atoms with Gasteiger partial charge in [-0.25, -0.2) is 4.79 Å². The molecule has 0 rings (SSSR count). The first-order valence-electron chi connectivity index (χ1n) is 9.12. The second-order valence-corrected chi connectivity index (χ2v) is 6.47. The number of hydrogen-bond donors (Lipinski definition) is 8. The summed E-state index contributed by atoms with van der Waals surface area (Å²) >= 11 is 0. The van der Waals surface area contributed by atoms with Crippen molar-refractivity contribution in [1.29, 1.82) is 0 Å². The molecule has 12 heteroatoms. The molecule has 0 aliphatic rings. The SMILES string of the molecule is CC(O)C(NC(=O)C(CCCN=C(N)N)NC(=O)C(N)CCCCN)C(=O)O. The van der Waals surface area contributed by atoms with Crippen molar-refractivity contribution in [2.75, 3.05) is 13.1 Å². The van der Waals surface area contributed by atoms with Gasteiger partial charge in [-0.2, -0.15) is 0 Å². The fourth-order valence-corrected chi connectivity index (χ4v) is 2.33. The number of nitrogens with one attached hydrogen (secondary N) is 2. The zero-order valence-corrected chi connectivity index (χ0v) is 16.1. The van der Waals surface area contributed by atoms with E-state index < -0.39 is 42.0 Å². The van der Waals surface area contributed by atoms with Crippen molar-refractivity contribution >= 4 is 23.7 Å². The van der Waals surface area contributed by atoms with E-state index in [2.05, 4.69) is 15.6 Å². The number of aliphatic imine (C=N–C) groups is 1. The lowest BCUT2D eigenvalue weighted by atomic mass is 10.1. The molecule has 0 aromatic rings. The van der Waals surface area contributed by atoms with Crippen molar-refractivity contribution < 1.29 is 24.6 Å². The van der Waals surface area contributed by atoms with Gasteiger partial charge < -0.3 is 43.8 Å². The number of carbonyl (C=O) groups is 3. The molecular weight excluding hydrogens is 370 g/mol. The van der Waals surface area contributed by atoms with Crippen LogP contribution in [0.2, 0.25) is 0 Å². The summed E-state index contributed by atoms with van der Waals surface area (Å²) < 4.78 is 0.